The summed E-state index contributed by atoms with van der Waals surface area (Å²) in [5.74, 6) is 0.725. The summed E-state index contributed by atoms with van der Waals surface area (Å²) in [6.45, 7) is 6.19. The molecule has 2 N–H and O–H groups in total. The molecule has 2 aliphatic heterocycles. The average molecular weight is 424 g/mol. The van der Waals surface area contributed by atoms with Crippen LogP contribution in [0.15, 0.2) is 4.99 Å². The summed E-state index contributed by atoms with van der Waals surface area (Å²) in [6.07, 6.45) is 9.93. The van der Waals surface area contributed by atoms with E-state index < -0.39 is 0 Å². The topological polar surface area (TPSA) is 78.4 Å². The van der Waals surface area contributed by atoms with Gasteiger partial charge in [0.15, 0.2) is 5.96 Å². The molecule has 0 radical (unpaired) electrons. The van der Waals surface area contributed by atoms with Gasteiger partial charge in [0.05, 0.1) is 19.3 Å². The predicted octanol–water partition coefficient (Wildman–Crippen LogP) is 1.21. The number of morpholine rings is 1. The first-order valence-electron chi connectivity index (χ1n) is 11.8. The number of nitrogens with zero attached hydrogens (tertiary/aromatic N) is 3. The molecule has 1 unspecified atom stereocenters. The molecule has 3 aliphatic rings. The maximum Gasteiger partial charge on any atom is 0.243 e. The third-order valence-electron chi connectivity index (χ3n) is 6.69. The van der Waals surface area contributed by atoms with E-state index in [4.69, 9.17) is 9.47 Å². The quantitative estimate of drug-likeness (QED) is 0.474. The zero-order valence-electron chi connectivity index (χ0n) is 19.0. The van der Waals surface area contributed by atoms with Gasteiger partial charge in [0.25, 0.3) is 0 Å². The second-order valence-electron chi connectivity index (χ2n) is 9.06. The molecule has 8 nitrogen and oxygen atoms in total. The molecule has 8 heteroatoms. The van der Waals surface area contributed by atoms with E-state index in [9.17, 15) is 4.79 Å². The molecule has 0 aromatic rings. The molecule has 1 atom stereocenters. The average Bonchev–Trinajstić information content (AvgIpc) is 2.80. The summed E-state index contributed by atoms with van der Waals surface area (Å²) < 4.78 is 11.5. The SMILES string of the molecule is CN(C)C(=O)CN=C(NCC1CCCCO1)NCC1(N2CCOCC2)CCCCC1. The zero-order chi connectivity index (χ0) is 21.2. The Labute approximate surface area is 181 Å². The molecule has 0 spiro atoms. The fourth-order valence-electron chi connectivity index (χ4n) is 4.74. The van der Waals surface area contributed by atoms with Crippen LogP contribution in [0.3, 0.4) is 0 Å². The lowest BCUT2D eigenvalue weighted by molar-refractivity contribution is -0.127. The largest absolute Gasteiger partial charge is 0.379 e. The fraction of sp³-hybridized carbons (Fsp3) is 0.909. The minimum atomic E-state index is 0.00516. The van der Waals surface area contributed by atoms with Crippen LogP contribution in [0, 0.1) is 0 Å². The number of carbonyl (C=O) groups excluding carboxylic acids is 1. The lowest BCUT2D eigenvalue weighted by Crippen LogP contribution is -2.60. The van der Waals surface area contributed by atoms with Crippen molar-refractivity contribution in [2.24, 2.45) is 4.99 Å². The van der Waals surface area contributed by atoms with Crippen molar-refractivity contribution in [1.29, 1.82) is 0 Å². The van der Waals surface area contributed by atoms with Crippen LogP contribution in [-0.2, 0) is 14.3 Å². The Kier molecular flexibility index (Phi) is 9.21. The van der Waals surface area contributed by atoms with Crippen molar-refractivity contribution in [3.63, 3.8) is 0 Å². The Morgan fingerprint density at radius 1 is 1.07 bits per heavy atom. The van der Waals surface area contributed by atoms with Gasteiger partial charge in [-0.05, 0) is 32.1 Å². The highest BCUT2D eigenvalue weighted by molar-refractivity contribution is 5.84. The molecule has 30 heavy (non-hydrogen) atoms. The molecule has 2 heterocycles. The summed E-state index contributed by atoms with van der Waals surface area (Å²) in [5, 5.41) is 7.04. The maximum atomic E-state index is 12.1. The molecule has 0 aromatic heterocycles. The van der Waals surface area contributed by atoms with Gasteiger partial charge in [-0.2, -0.15) is 0 Å². The van der Waals surface area contributed by atoms with Gasteiger partial charge in [-0.15, -0.1) is 0 Å². The maximum absolute atomic E-state index is 12.1. The van der Waals surface area contributed by atoms with Crippen LogP contribution in [0.1, 0.15) is 51.4 Å². The van der Waals surface area contributed by atoms with Gasteiger partial charge in [-0.25, -0.2) is 4.99 Å². The van der Waals surface area contributed by atoms with Crippen LogP contribution in [0.2, 0.25) is 0 Å². The molecule has 172 valence electrons. The van der Waals surface area contributed by atoms with Crippen LogP contribution in [-0.4, -0.2) is 99.9 Å². The first-order valence-corrected chi connectivity index (χ1v) is 11.8. The summed E-state index contributed by atoms with van der Waals surface area (Å²) >= 11 is 0. The van der Waals surface area contributed by atoms with Crippen molar-refractivity contribution in [2.45, 2.75) is 63.0 Å². The van der Waals surface area contributed by atoms with Gasteiger partial charge in [0, 0.05) is 52.4 Å². The summed E-state index contributed by atoms with van der Waals surface area (Å²) in [5.41, 5.74) is 0.150. The van der Waals surface area contributed by atoms with Crippen LogP contribution >= 0.6 is 0 Å². The Bertz CT molecular complexity index is 551. The summed E-state index contributed by atoms with van der Waals surface area (Å²) in [6, 6.07) is 0. The highest BCUT2D eigenvalue weighted by atomic mass is 16.5. The number of ether oxygens (including phenoxy) is 2. The van der Waals surface area contributed by atoms with Gasteiger partial charge in [0.2, 0.25) is 5.91 Å². The highest BCUT2D eigenvalue weighted by Crippen LogP contribution is 2.33. The number of amides is 1. The van der Waals surface area contributed by atoms with Gasteiger partial charge in [0.1, 0.15) is 6.54 Å². The first-order chi connectivity index (χ1) is 14.6. The predicted molar refractivity (Wildman–Crippen MR) is 119 cm³/mol. The van der Waals surface area contributed by atoms with E-state index in [0.717, 1.165) is 64.8 Å². The number of likely N-dealkylation sites (N-methyl/N-ethyl adjacent to an activating group) is 1. The Balaban J connectivity index is 1.63. The normalized spacial score (nSPS) is 25.5. The summed E-state index contributed by atoms with van der Waals surface area (Å²) in [7, 11) is 3.54. The fourth-order valence-corrected chi connectivity index (χ4v) is 4.74. The van der Waals surface area contributed by atoms with Crippen molar-refractivity contribution in [2.75, 3.05) is 66.6 Å². The molecule has 1 amide bonds. The van der Waals surface area contributed by atoms with Crippen molar-refractivity contribution in [1.82, 2.24) is 20.4 Å². The standard InChI is InChI=1S/C22H41N5O3/c1-26(2)20(28)17-24-21(23-16-19-8-4-7-13-30-19)25-18-22(9-5-3-6-10-22)27-11-14-29-15-12-27/h19H,3-18H2,1-2H3,(H2,23,24,25). The van der Waals surface area contributed by atoms with Gasteiger partial charge < -0.3 is 25.0 Å². The lowest BCUT2D eigenvalue weighted by atomic mass is 9.80. The second kappa shape index (κ2) is 11.9. The van der Waals surface area contributed by atoms with Crippen molar-refractivity contribution < 1.29 is 14.3 Å². The smallest absolute Gasteiger partial charge is 0.243 e. The monoisotopic (exact) mass is 423 g/mol. The van der Waals surface area contributed by atoms with Gasteiger partial charge in [-0.3, -0.25) is 9.69 Å². The Morgan fingerprint density at radius 3 is 2.50 bits per heavy atom. The molecule has 2 saturated heterocycles. The molecule has 0 aromatic carbocycles. The van der Waals surface area contributed by atoms with Crippen LogP contribution in [0.25, 0.3) is 0 Å². The van der Waals surface area contributed by atoms with Crippen molar-refractivity contribution in [3.8, 4) is 0 Å². The third-order valence-corrected chi connectivity index (χ3v) is 6.69. The van der Waals surface area contributed by atoms with Crippen molar-refractivity contribution >= 4 is 11.9 Å². The molecule has 1 saturated carbocycles. The zero-order valence-corrected chi connectivity index (χ0v) is 19.0. The van der Waals surface area contributed by atoms with E-state index in [0.29, 0.717) is 0 Å². The van der Waals surface area contributed by atoms with E-state index in [1.807, 2.05) is 0 Å². The van der Waals surface area contributed by atoms with E-state index >= 15 is 0 Å². The molecular weight excluding hydrogens is 382 g/mol. The molecule has 0 bridgehead atoms. The van der Waals surface area contributed by atoms with Crippen LogP contribution in [0.4, 0.5) is 0 Å². The minimum Gasteiger partial charge on any atom is -0.379 e. The minimum absolute atomic E-state index is 0.00516. The molecule has 3 rings (SSSR count). The van der Waals surface area contributed by atoms with Crippen LogP contribution < -0.4 is 10.6 Å². The number of rotatable bonds is 7. The number of hydrogen-bond acceptors (Lipinski definition) is 5. The highest BCUT2D eigenvalue weighted by Gasteiger charge is 2.38. The molecular formula is C22H41N5O3. The third kappa shape index (κ3) is 6.82. The van der Waals surface area contributed by atoms with Gasteiger partial charge in [-0.1, -0.05) is 19.3 Å². The van der Waals surface area contributed by atoms with Crippen molar-refractivity contribution in [3.05, 3.63) is 0 Å². The number of nitrogens with one attached hydrogen (secondary N) is 2. The summed E-state index contributed by atoms with van der Waals surface area (Å²) in [4.78, 5) is 20.9. The lowest BCUT2D eigenvalue weighted by Gasteiger charge is -2.48. The van der Waals surface area contributed by atoms with E-state index in [1.165, 1.54) is 38.5 Å². The Morgan fingerprint density at radius 2 is 1.83 bits per heavy atom. The van der Waals surface area contributed by atoms with Gasteiger partial charge >= 0.3 is 0 Å². The van der Waals surface area contributed by atoms with E-state index in [-0.39, 0.29) is 24.1 Å². The Hall–Kier alpha value is -1.38. The van der Waals surface area contributed by atoms with E-state index in [1.54, 1.807) is 19.0 Å². The molecule has 3 fully saturated rings. The number of hydrogen-bond donors (Lipinski definition) is 2. The number of aliphatic imine (C=N–C) groups is 1. The number of carbonyl (C=O) groups is 1. The molecule has 1 aliphatic carbocycles. The van der Waals surface area contributed by atoms with Crippen LogP contribution in [0.5, 0.6) is 0 Å². The number of guanidine groups is 1. The second-order valence-corrected chi connectivity index (χ2v) is 9.06. The van der Waals surface area contributed by atoms with E-state index in [2.05, 4.69) is 20.5 Å². The first kappa shape index (κ1) is 23.3.